The van der Waals surface area contributed by atoms with Crippen LogP contribution < -0.4 is 5.32 Å². The number of carbonyl (C=O) groups excluding carboxylic acids is 1. The molecule has 1 unspecified atom stereocenters. The molecule has 6 nitrogen and oxygen atoms in total. The van der Waals surface area contributed by atoms with Crippen molar-refractivity contribution in [3.8, 4) is 11.5 Å². The maximum atomic E-state index is 13.6. The normalized spacial score (nSPS) is 12.0. The summed E-state index contributed by atoms with van der Waals surface area (Å²) < 4.78 is 32.2. The number of carboxylic acids is 1. The zero-order chi connectivity index (χ0) is 17.0. The summed E-state index contributed by atoms with van der Waals surface area (Å²) in [6.07, 6.45) is 1.72. The third kappa shape index (κ3) is 3.71. The van der Waals surface area contributed by atoms with Crippen LogP contribution in [0.3, 0.4) is 0 Å². The number of oxazole rings is 1. The molecule has 8 heteroatoms. The fraction of sp³-hybridized carbons (Fsp3) is 0.267. The van der Waals surface area contributed by atoms with E-state index in [1.54, 1.807) is 6.92 Å². The molecule has 0 bridgehead atoms. The lowest BCUT2D eigenvalue weighted by molar-refractivity contribution is -0.139. The molecule has 1 heterocycles. The lowest BCUT2D eigenvalue weighted by Crippen LogP contribution is -2.40. The van der Waals surface area contributed by atoms with Gasteiger partial charge in [0.25, 0.3) is 5.91 Å². The van der Waals surface area contributed by atoms with Crippen molar-refractivity contribution < 1.29 is 27.9 Å². The van der Waals surface area contributed by atoms with Crippen molar-refractivity contribution in [3.05, 3.63) is 41.8 Å². The number of nitrogens with one attached hydrogen (secondary N) is 1. The minimum absolute atomic E-state index is 0.244. The fourth-order valence-electron chi connectivity index (χ4n) is 1.97. The Balaban J connectivity index is 2.22. The predicted molar refractivity (Wildman–Crippen MR) is 75.7 cm³/mol. The Hall–Kier alpha value is -2.77. The van der Waals surface area contributed by atoms with E-state index in [1.807, 2.05) is 0 Å². The van der Waals surface area contributed by atoms with Gasteiger partial charge in [0.05, 0.1) is 0 Å². The van der Waals surface area contributed by atoms with E-state index < -0.39 is 41.0 Å². The number of nitrogens with zero attached hydrogens (tertiary/aromatic N) is 1. The molecule has 1 aromatic carbocycles. The fourth-order valence-corrected chi connectivity index (χ4v) is 1.97. The maximum Gasteiger partial charge on any atom is 0.326 e. The van der Waals surface area contributed by atoms with E-state index in [4.69, 9.17) is 9.52 Å². The largest absolute Gasteiger partial charge is 0.480 e. The van der Waals surface area contributed by atoms with E-state index in [0.29, 0.717) is 6.42 Å². The minimum atomic E-state index is -1.18. The first-order valence-electron chi connectivity index (χ1n) is 6.87. The Morgan fingerprint density at radius 1 is 1.35 bits per heavy atom. The number of carbonyl (C=O) groups is 2. The molecular weight excluding hydrogens is 310 g/mol. The average molecular weight is 324 g/mol. The molecule has 0 aliphatic heterocycles. The van der Waals surface area contributed by atoms with Gasteiger partial charge in [0.1, 0.15) is 29.5 Å². The molecule has 0 saturated carbocycles. The Labute approximate surface area is 130 Å². The van der Waals surface area contributed by atoms with Crippen molar-refractivity contribution in [2.45, 2.75) is 25.8 Å². The molecular formula is C15H14F2N2O4. The third-order valence-electron chi connectivity index (χ3n) is 3.09. The Morgan fingerprint density at radius 2 is 2.00 bits per heavy atom. The molecule has 2 aromatic rings. The molecule has 23 heavy (non-hydrogen) atoms. The lowest BCUT2D eigenvalue weighted by atomic mass is 10.1. The summed E-state index contributed by atoms with van der Waals surface area (Å²) in [4.78, 5) is 26.7. The van der Waals surface area contributed by atoms with Crippen molar-refractivity contribution in [3.63, 3.8) is 0 Å². The SMILES string of the molecule is CCCC(NC(=O)c1coc(-c2c(F)cccc2F)n1)C(=O)O. The van der Waals surface area contributed by atoms with Crippen LogP contribution in [0.1, 0.15) is 30.3 Å². The van der Waals surface area contributed by atoms with Crippen molar-refractivity contribution in [2.24, 2.45) is 0 Å². The van der Waals surface area contributed by atoms with Gasteiger partial charge in [0, 0.05) is 0 Å². The number of aromatic nitrogens is 1. The lowest BCUT2D eigenvalue weighted by Gasteiger charge is -2.11. The molecule has 0 radical (unpaired) electrons. The molecule has 1 atom stereocenters. The summed E-state index contributed by atoms with van der Waals surface area (Å²) in [5.41, 5.74) is -0.750. The first kappa shape index (κ1) is 16.6. The topological polar surface area (TPSA) is 92.4 Å². The van der Waals surface area contributed by atoms with Gasteiger partial charge in [-0.15, -0.1) is 0 Å². The van der Waals surface area contributed by atoms with Gasteiger partial charge in [-0.05, 0) is 18.6 Å². The smallest absolute Gasteiger partial charge is 0.326 e. The van der Waals surface area contributed by atoms with Crippen molar-refractivity contribution in [1.82, 2.24) is 10.3 Å². The minimum Gasteiger partial charge on any atom is -0.480 e. The van der Waals surface area contributed by atoms with Gasteiger partial charge in [0.15, 0.2) is 5.69 Å². The van der Waals surface area contributed by atoms with Crippen LogP contribution >= 0.6 is 0 Å². The quantitative estimate of drug-likeness (QED) is 0.852. The highest BCUT2D eigenvalue weighted by atomic mass is 19.1. The number of amides is 1. The zero-order valence-electron chi connectivity index (χ0n) is 12.2. The van der Waals surface area contributed by atoms with Gasteiger partial charge in [-0.1, -0.05) is 19.4 Å². The summed E-state index contributed by atoms with van der Waals surface area (Å²) in [7, 11) is 0. The van der Waals surface area contributed by atoms with E-state index in [-0.39, 0.29) is 12.1 Å². The van der Waals surface area contributed by atoms with E-state index in [9.17, 15) is 18.4 Å². The number of benzene rings is 1. The van der Waals surface area contributed by atoms with Crippen LogP contribution in [0.25, 0.3) is 11.5 Å². The molecule has 1 amide bonds. The second kappa shape index (κ2) is 6.99. The van der Waals surface area contributed by atoms with Gasteiger partial charge in [-0.3, -0.25) is 4.79 Å². The average Bonchev–Trinajstić information content (AvgIpc) is 2.96. The Morgan fingerprint density at radius 3 is 2.57 bits per heavy atom. The van der Waals surface area contributed by atoms with E-state index in [1.165, 1.54) is 6.07 Å². The van der Waals surface area contributed by atoms with Crippen LogP contribution in [0.5, 0.6) is 0 Å². The predicted octanol–water partition coefficient (Wildman–Crippen LogP) is 2.60. The highest BCUT2D eigenvalue weighted by Crippen LogP contribution is 2.25. The monoisotopic (exact) mass is 324 g/mol. The molecule has 2 N–H and O–H groups in total. The highest BCUT2D eigenvalue weighted by Gasteiger charge is 2.23. The summed E-state index contributed by atoms with van der Waals surface area (Å²) in [5, 5.41) is 11.3. The van der Waals surface area contributed by atoms with Gasteiger partial charge in [-0.25, -0.2) is 18.6 Å². The summed E-state index contributed by atoms with van der Waals surface area (Å²) >= 11 is 0. The number of rotatable bonds is 6. The molecule has 0 spiro atoms. The Bertz CT molecular complexity index is 710. The van der Waals surface area contributed by atoms with Gasteiger partial charge < -0.3 is 14.8 Å². The van der Waals surface area contributed by atoms with Gasteiger partial charge >= 0.3 is 5.97 Å². The second-order valence-corrected chi connectivity index (χ2v) is 4.79. The molecule has 122 valence electrons. The summed E-state index contributed by atoms with van der Waals surface area (Å²) in [5.74, 6) is -4.13. The highest BCUT2D eigenvalue weighted by molar-refractivity contribution is 5.95. The summed E-state index contributed by atoms with van der Waals surface area (Å²) in [6.45, 7) is 1.78. The number of hydrogen-bond donors (Lipinski definition) is 2. The maximum absolute atomic E-state index is 13.6. The molecule has 0 aliphatic carbocycles. The van der Waals surface area contributed by atoms with Crippen molar-refractivity contribution in [2.75, 3.05) is 0 Å². The molecule has 2 rings (SSSR count). The van der Waals surface area contributed by atoms with Crippen molar-refractivity contribution in [1.29, 1.82) is 0 Å². The molecule has 0 fully saturated rings. The number of carboxylic acid groups (broad SMARTS) is 1. The molecule has 1 aromatic heterocycles. The van der Waals surface area contributed by atoms with E-state index in [2.05, 4.69) is 10.3 Å². The Kier molecular flexibility index (Phi) is 5.05. The third-order valence-corrected chi connectivity index (χ3v) is 3.09. The van der Waals surface area contributed by atoms with Crippen molar-refractivity contribution >= 4 is 11.9 Å². The second-order valence-electron chi connectivity index (χ2n) is 4.79. The van der Waals surface area contributed by atoms with E-state index >= 15 is 0 Å². The number of hydrogen-bond acceptors (Lipinski definition) is 4. The van der Waals surface area contributed by atoms with Crippen LogP contribution in [0, 0.1) is 11.6 Å². The van der Waals surface area contributed by atoms with Crippen LogP contribution in [0.15, 0.2) is 28.9 Å². The number of aliphatic carboxylic acids is 1. The van der Waals surface area contributed by atoms with Gasteiger partial charge in [0.2, 0.25) is 5.89 Å². The first-order valence-corrected chi connectivity index (χ1v) is 6.87. The zero-order valence-corrected chi connectivity index (χ0v) is 12.2. The van der Waals surface area contributed by atoms with Crippen LogP contribution in [0.2, 0.25) is 0 Å². The van der Waals surface area contributed by atoms with Crippen LogP contribution in [-0.4, -0.2) is 28.0 Å². The first-order chi connectivity index (χ1) is 10.9. The summed E-state index contributed by atoms with van der Waals surface area (Å²) in [6, 6.07) is 2.18. The van der Waals surface area contributed by atoms with E-state index in [0.717, 1.165) is 18.4 Å². The molecule has 0 aliphatic rings. The van der Waals surface area contributed by atoms with Crippen LogP contribution in [-0.2, 0) is 4.79 Å². The van der Waals surface area contributed by atoms with Crippen LogP contribution in [0.4, 0.5) is 8.78 Å². The standard InChI is InChI=1S/C15H14F2N2O4/c1-2-4-10(15(21)22)18-13(20)11-7-23-14(19-11)12-8(16)5-3-6-9(12)17/h3,5-7,10H,2,4H2,1H3,(H,18,20)(H,21,22). The molecule has 0 saturated heterocycles. The van der Waals surface area contributed by atoms with Gasteiger partial charge in [-0.2, -0.15) is 0 Å². The number of halogens is 2.